The van der Waals surface area contributed by atoms with Gasteiger partial charge in [-0.1, -0.05) is 11.6 Å². The minimum Gasteiger partial charge on any atom is -0.494 e. The molecule has 1 N–H and O–H groups in total. The molecule has 0 atom stereocenters. The highest BCUT2D eigenvalue weighted by Gasteiger charge is 2.12. The quantitative estimate of drug-likeness (QED) is 0.898. The molecule has 18 heavy (non-hydrogen) atoms. The summed E-state index contributed by atoms with van der Waals surface area (Å²) in [5.74, 6) is 1.77. The minimum atomic E-state index is 0.811. The molecule has 2 rings (SSSR count). The first kappa shape index (κ1) is 13.7. The Bertz CT molecular complexity index is 376. The van der Waals surface area contributed by atoms with Crippen LogP contribution in [0.5, 0.6) is 5.75 Å². The lowest BCUT2D eigenvalue weighted by Gasteiger charge is -2.22. The molecule has 1 saturated heterocycles. The van der Waals surface area contributed by atoms with E-state index in [-0.39, 0.29) is 0 Å². The van der Waals surface area contributed by atoms with Crippen LogP contribution in [0.4, 0.5) is 0 Å². The third-order valence-corrected chi connectivity index (χ3v) is 4.26. The van der Waals surface area contributed by atoms with Crippen LogP contribution in [0.2, 0.25) is 5.02 Å². The van der Waals surface area contributed by atoms with E-state index in [2.05, 4.69) is 5.32 Å². The van der Waals surface area contributed by atoms with E-state index in [0.717, 1.165) is 53.9 Å². The molecule has 1 aliphatic rings. The van der Waals surface area contributed by atoms with Crippen LogP contribution in [0, 0.1) is 19.8 Å². The smallest absolute Gasteiger partial charge is 0.119 e. The summed E-state index contributed by atoms with van der Waals surface area (Å²) in [6.45, 7) is 7.17. The molecule has 3 heteroatoms. The Kier molecular flexibility index (Phi) is 4.90. The number of hydrogen-bond acceptors (Lipinski definition) is 2. The van der Waals surface area contributed by atoms with Crippen LogP contribution < -0.4 is 10.1 Å². The normalized spacial score (nSPS) is 16.8. The average Bonchev–Trinajstić information content (AvgIpc) is 2.37. The fourth-order valence-corrected chi connectivity index (χ4v) is 2.61. The first-order valence-corrected chi connectivity index (χ1v) is 7.15. The van der Waals surface area contributed by atoms with Crippen molar-refractivity contribution in [3.05, 3.63) is 28.3 Å². The standard InChI is InChI=1S/C15H22ClNO/c1-11-9-14(10-12(2)15(11)16)18-8-5-13-3-6-17-7-4-13/h9-10,13,17H,3-8H2,1-2H3. The highest BCUT2D eigenvalue weighted by molar-refractivity contribution is 6.32. The Morgan fingerprint density at radius 1 is 1.22 bits per heavy atom. The fourth-order valence-electron chi connectivity index (χ4n) is 2.50. The lowest BCUT2D eigenvalue weighted by atomic mass is 9.95. The van der Waals surface area contributed by atoms with Gasteiger partial charge in [-0.2, -0.15) is 0 Å². The zero-order chi connectivity index (χ0) is 13.0. The predicted octanol–water partition coefficient (Wildman–Crippen LogP) is 3.73. The molecule has 0 saturated carbocycles. The van der Waals surface area contributed by atoms with E-state index >= 15 is 0 Å². The number of hydrogen-bond donors (Lipinski definition) is 1. The van der Waals surface area contributed by atoms with Crippen LogP contribution >= 0.6 is 11.6 Å². The van der Waals surface area contributed by atoms with E-state index in [9.17, 15) is 0 Å². The molecule has 1 aliphatic heterocycles. The van der Waals surface area contributed by atoms with Crippen molar-refractivity contribution in [2.45, 2.75) is 33.1 Å². The number of nitrogens with one attached hydrogen (secondary N) is 1. The Morgan fingerprint density at radius 2 is 1.83 bits per heavy atom. The zero-order valence-corrected chi connectivity index (χ0v) is 12.0. The van der Waals surface area contributed by atoms with Crippen LogP contribution in [-0.2, 0) is 0 Å². The van der Waals surface area contributed by atoms with Crippen molar-refractivity contribution in [3.8, 4) is 5.75 Å². The van der Waals surface area contributed by atoms with Crippen LogP contribution in [0.15, 0.2) is 12.1 Å². The fraction of sp³-hybridized carbons (Fsp3) is 0.600. The second kappa shape index (κ2) is 6.44. The van der Waals surface area contributed by atoms with Crippen LogP contribution in [0.1, 0.15) is 30.4 Å². The molecule has 1 fully saturated rings. The molecular formula is C15H22ClNO. The predicted molar refractivity (Wildman–Crippen MR) is 76.6 cm³/mol. The van der Waals surface area contributed by atoms with Crippen LogP contribution in [-0.4, -0.2) is 19.7 Å². The summed E-state index contributed by atoms with van der Waals surface area (Å²) in [5.41, 5.74) is 2.18. The zero-order valence-electron chi connectivity index (χ0n) is 11.3. The molecule has 0 spiro atoms. The maximum absolute atomic E-state index is 6.14. The summed E-state index contributed by atoms with van der Waals surface area (Å²) in [4.78, 5) is 0. The Labute approximate surface area is 115 Å². The summed E-state index contributed by atoms with van der Waals surface area (Å²) >= 11 is 6.14. The highest BCUT2D eigenvalue weighted by Crippen LogP contribution is 2.26. The second-order valence-electron chi connectivity index (χ2n) is 5.20. The summed E-state index contributed by atoms with van der Waals surface area (Å²) in [7, 11) is 0. The monoisotopic (exact) mass is 267 g/mol. The molecule has 100 valence electrons. The number of aryl methyl sites for hydroxylation is 2. The first-order chi connectivity index (χ1) is 8.66. The number of piperidine rings is 1. The summed E-state index contributed by atoms with van der Waals surface area (Å²) < 4.78 is 5.85. The number of rotatable bonds is 4. The Morgan fingerprint density at radius 3 is 2.44 bits per heavy atom. The lowest BCUT2D eigenvalue weighted by molar-refractivity contribution is 0.251. The molecule has 0 radical (unpaired) electrons. The van der Waals surface area contributed by atoms with E-state index < -0.39 is 0 Å². The molecular weight excluding hydrogens is 246 g/mol. The molecule has 0 unspecified atom stereocenters. The van der Waals surface area contributed by atoms with Crippen molar-refractivity contribution in [1.82, 2.24) is 5.32 Å². The minimum absolute atomic E-state index is 0.811. The van der Waals surface area contributed by atoms with E-state index in [0.29, 0.717) is 0 Å². The molecule has 0 aliphatic carbocycles. The molecule has 1 aromatic rings. The van der Waals surface area contributed by atoms with Crippen molar-refractivity contribution >= 4 is 11.6 Å². The van der Waals surface area contributed by atoms with Gasteiger partial charge >= 0.3 is 0 Å². The maximum atomic E-state index is 6.14. The topological polar surface area (TPSA) is 21.3 Å². The van der Waals surface area contributed by atoms with Crippen molar-refractivity contribution in [3.63, 3.8) is 0 Å². The van der Waals surface area contributed by atoms with Gasteiger partial charge in [0, 0.05) is 5.02 Å². The van der Waals surface area contributed by atoms with Crippen LogP contribution in [0.3, 0.4) is 0 Å². The third-order valence-electron chi connectivity index (χ3n) is 3.66. The van der Waals surface area contributed by atoms with E-state index in [1.54, 1.807) is 0 Å². The lowest BCUT2D eigenvalue weighted by Crippen LogP contribution is -2.28. The average molecular weight is 268 g/mol. The largest absolute Gasteiger partial charge is 0.494 e. The van der Waals surface area contributed by atoms with Gasteiger partial charge in [-0.15, -0.1) is 0 Å². The molecule has 1 aromatic carbocycles. The molecule has 1 heterocycles. The number of benzene rings is 1. The Hall–Kier alpha value is -0.730. The van der Waals surface area contributed by atoms with Gasteiger partial charge in [-0.05, 0) is 75.4 Å². The van der Waals surface area contributed by atoms with E-state index in [4.69, 9.17) is 16.3 Å². The van der Waals surface area contributed by atoms with Gasteiger partial charge in [-0.3, -0.25) is 0 Å². The van der Waals surface area contributed by atoms with Crippen molar-refractivity contribution in [2.24, 2.45) is 5.92 Å². The van der Waals surface area contributed by atoms with Crippen LogP contribution in [0.25, 0.3) is 0 Å². The summed E-state index contributed by atoms with van der Waals surface area (Å²) in [5, 5.41) is 4.24. The third kappa shape index (κ3) is 3.63. The van der Waals surface area contributed by atoms with Gasteiger partial charge in [0.05, 0.1) is 6.61 Å². The highest BCUT2D eigenvalue weighted by atomic mass is 35.5. The first-order valence-electron chi connectivity index (χ1n) is 6.77. The number of ether oxygens (including phenoxy) is 1. The van der Waals surface area contributed by atoms with Gasteiger partial charge in [0.1, 0.15) is 5.75 Å². The maximum Gasteiger partial charge on any atom is 0.119 e. The SMILES string of the molecule is Cc1cc(OCCC2CCNCC2)cc(C)c1Cl. The van der Waals surface area contributed by atoms with Gasteiger partial charge in [-0.25, -0.2) is 0 Å². The van der Waals surface area contributed by atoms with E-state index in [1.807, 2.05) is 26.0 Å². The van der Waals surface area contributed by atoms with Crippen molar-refractivity contribution in [2.75, 3.05) is 19.7 Å². The second-order valence-corrected chi connectivity index (χ2v) is 5.58. The summed E-state index contributed by atoms with van der Waals surface area (Å²) in [6, 6.07) is 4.05. The Balaban J connectivity index is 1.82. The molecule has 0 amide bonds. The van der Waals surface area contributed by atoms with Crippen molar-refractivity contribution < 1.29 is 4.74 Å². The van der Waals surface area contributed by atoms with Crippen molar-refractivity contribution in [1.29, 1.82) is 0 Å². The van der Waals surface area contributed by atoms with E-state index in [1.165, 1.54) is 12.8 Å². The summed E-state index contributed by atoms with van der Waals surface area (Å²) in [6.07, 6.45) is 3.71. The molecule has 0 bridgehead atoms. The van der Waals surface area contributed by atoms with Gasteiger partial charge in [0.2, 0.25) is 0 Å². The molecule has 2 nitrogen and oxygen atoms in total. The van der Waals surface area contributed by atoms with Gasteiger partial charge in [0.25, 0.3) is 0 Å². The van der Waals surface area contributed by atoms with Gasteiger partial charge < -0.3 is 10.1 Å². The number of halogens is 1. The molecule has 0 aromatic heterocycles. The van der Waals surface area contributed by atoms with Gasteiger partial charge in [0.15, 0.2) is 0 Å².